The predicted octanol–water partition coefficient (Wildman–Crippen LogP) is 1.09. The van der Waals surface area contributed by atoms with Crippen molar-refractivity contribution in [1.29, 1.82) is 0 Å². The number of hydrogen-bond donors (Lipinski definition) is 1. The molecule has 0 saturated carbocycles. The molecule has 0 rings (SSSR count). The first kappa shape index (κ1) is 12.9. The topological polar surface area (TPSA) is 63.4 Å². The van der Waals surface area contributed by atoms with E-state index in [-0.39, 0.29) is 0 Å². The molecule has 13 heavy (non-hydrogen) atoms. The Hall–Kier alpha value is -0.130. The molecular formula is C8H20N2O2S. The van der Waals surface area contributed by atoms with Crippen molar-refractivity contribution in [3.63, 3.8) is 0 Å². The van der Waals surface area contributed by atoms with Gasteiger partial charge in [0.05, 0.1) is 0 Å². The fraction of sp³-hybridized carbons (Fsp3) is 1.00. The SMILES string of the molecule is CCCCN(CCCC)S(N)(=O)=O. The third-order valence-electron chi connectivity index (χ3n) is 1.88. The zero-order valence-electron chi connectivity index (χ0n) is 8.49. The zero-order chi connectivity index (χ0) is 10.3. The molecule has 80 valence electrons. The standard InChI is InChI=1S/C8H20N2O2S/c1-3-5-7-10(8-6-4-2)13(9,11)12/h3-8H2,1-2H3,(H2,9,11,12). The highest BCUT2D eigenvalue weighted by atomic mass is 32.2. The van der Waals surface area contributed by atoms with E-state index in [1.54, 1.807) is 0 Å². The van der Waals surface area contributed by atoms with Crippen LogP contribution in [-0.2, 0) is 10.2 Å². The smallest absolute Gasteiger partial charge is 0.216 e. The Bertz CT molecular complexity index is 206. The van der Waals surface area contributed by atoms with Crippen LogP contribution in [0.3, 0.4) is 0 Å². The van der Waals surface area contributed by atoms with Crippen molar-refractivity contribution in [3.8, 4) is 0 Å². The second kappa shape index (κ2) is 6.34. The normalized spacial score (nSPS) is 12.3. The van der Waals surface area contributed by atoms with Crippen LogP contribution in [0, 0.1) is 0 Å². The van der Waals surface area contributed by atoms with Crippen molar-refractivity contribution in [1.82, 2.24) is 4.31 Å². The van der Waals surface area contributed by atoms with Crippen LogP contribution in [-0.4, -0.2) is 25.8 Å². The summed E-state index contributed by atoms with van der Waals surface area (Å²) in [5, 5.41) is 5.06. The average Bonchev–Trinajstić information content (AvgIpc) is 2.02. The van der Waals surface area contributed by atoms with E-state index in [0.717, 1.165) is 25.7 Å². The van der Waals surface area contributed by atoms with Crippen LogP contribution in [0.15, 0.2) is 0 Å². The third kappa shape index (κ3) is 6.01. The van der Waals surface area contributed by atoms with Gasteiger partial charge in [-0.3, -0.25) is 0 Å². The molecule has 0 aliphatic rings. The fourth-order valence-corrected chi connectivity index (χ4v) is 1.80. The van der Waals surface area contributed by atoms with Gasteiger partial charge in [-0.1, -0.05) is 26.7 Å². The van der Waals surface area contributed by atoms with E-state index < -0.39 is 10.2 Å². The number of nitrogens with two attached hydrogens (primary N) is 1. The molecule has 0 saturated heterocycles. The average molecular weight is 208 g/mol. The summed E-state index contributed by atoms with van der Waals surface area (Å²) in [5.41, 5.74) is 0. The maximum atomic E-state index is 11.0. The Labute approximate surface area is 81.3 Å². The van der Waals surface area contributed by atoms with Crippen LogP contribution in [0.4, 0.5) is 0 Å². The molecule has 0 aromatic rings. The van der Waals surface area contributed by atoms with Crippen molar-refractivity contribution in [3.05, 3.63) is 0 Å². The molecule has 0 radical (unpaired) electrons. The van der Waals surface area contributed by atoms with Gasteiger partial charge in [-0.05, 0) is 12.8 Å². The summed E-state index contributed by atoms with van der Waals surface area (Å²) >= 11 is 0. The molecule has 2 N–H and O–H groups in total. The predicted molar refractivity (Wildman–Crippen MR) is 54.5 cm³/mol. The van der Waals surface area contributed by atoms with E-state index >= 15 is 0 Å². The minimum atomic E-state index is -3.48. The second-order valence-corrected chi connectivity index (χ2v) is 4.70. The van der Waals surface area contributed by atoms with Crippen LogP contribution in [0.1, 0.15) is 39.5 Å². The summed E-state index contributed by atoms with van der Waals surface area (Å²) in [6.45, 7) is 5.16. The maximum Gasteiger partial charge on any atom is 0.276 e. The van der Waals surface area contributed by atoms with E-state index in [1.165, 1.54) is 4.31 Å². The molecule has 0 aromatic heterocycles. The summed E-state index contributed by atoms with van der Waals surface area (Å²) in [5.74, 6) is 0. The van der Waals surface area contributed by atoms with E-state index in [4.69, 9.17) is 5.14 Å². The molecule has 0 bridgehead atoms. The maximum absolute atomic E-state index is 11.0. The quantitative estimate of drug-likeness (QED) is 0.680. The summed E-state index contributed by atoms with van der Waals surface area (Å²) in [6.07, 6.45) is 3.72. The van der Waals surface area contributed by atoms with Crippen LogP contribution in [0.5, 0.6) is 0 Å². The molecule has 0 fully saturated rings. The minimum absolute atomic E-state index is 0.551. The first-order valence-electron chi connectivity index (χ1n) is 4.80. The molecule has 0 unspecified atom stereocenters. The molecule has 0 heterocycles. The van der Waals surface area contributed by atoms with Crippen molar-refractivity contribution >= 4 is 10.2 Å². The Morgan fingerprint density at radius 1 is 1.08 bits per heavy atom. The summed E-state index contributed by atoms with van der Waals surface area (Å²) in [4.78, 5) is 0. The molecule has 0 atom stereocenters. The molecule has 0 aliphatic heterocycles. The monoisotopic (exact) mass is 208 g/mol. The van der Waals surface area contributed by atoms with Crippen molar-refractivity contribution in [2.75, 3.05) is 13.1 Å². The number of unbranched alkanes of at least 4 members (excludes halogenated alkanes) is 2. The Kier molecular flexibility index (Phi) is 6.28. The van der Waals surface area contributed by atoms with Gasteiger partial charge in [-0.25, -0.2) is 5.14 Å². The highest BCUT2D eigenvalue weighted by molar-refractivity contribution is 7.86. The van der Waals surface area contributed by atoms with Crippen LogP contribution < -0.4 is 5.14 Å². The highest BCUT2D eigenvalue weighted by Gasteiger charge is 2.14. The lowest BCUT2D eigenvalue weighted by molar-refractivity contribution is 0.396. The van der Waals surface area contributed by atoms with Crippen LogP contribution in [0.2, 0.25) is 0 Å². The molecule has 0 amide bonds. The molecular weight excluding hydrogens is 188 g/mol. The first-order valence-corrected chi connectivity index (χ1v) is 6.30. The van der Waals surface area contributed by atoms with Gasteiger partial charge in [0.1, 0.15) is 0 Å². The van der Waals surface area contributed by atoms with Gasteiger partial charge >= 0.3 is 0 Å². The van der Waals surface area contributed by atoms with Gasteiger partial charge < -0.3 is 0 Å². The van der Waals surface area contributed by atoms with Gasteiger partial charge in [0.25, 0.3) is 10.2 Å². The Balaban J connectivity index is 4.04. The van der Waals surface area contributed by atoms with Gasteiger partial charge in [-0.15, -0.1) is 0 Å². The van der Waals surface area contributed by atoms with E-state index in [9.17, 15) is 8.42 Å². The number of hydrogen-bond acceptors (Lipinski definition) is 2. The fourth-order valence-electron chi connectivity index (χ4n) is 1.04. The first-order chi connectivity index (χ1) is 6.02. The highest BCUT2D eigenvalue weighted by Crippen LogP contribution is 2.01. The van der Waals surface area contributed by atoms with Gasteiger partial charge in [-0.2, -0.15) is 12.7 Å². The van der Waals surface area contributed by atoms with Crippen molar-refractivity contribution < 1.29 is 8.42 Å². The number of nitrogens with zero attached hydrogens (tertiary/aromatic N) is 1. The van der Waals surface area contributed by atoms with E-state index in [0.29, 0.717) is 13.1 Å². The molecule has 4 nitrogen and oxygen atoms in total. The van der Waals surface area contributed by atoms with Crippen LogP contribution in [0.25, 0.3) is 0 Å². The Morgan fingerprint density at radius 3 is 1.69 bits per heavy atom. The molecule has 0 aromatic carbocycles. The summed E-state index contributed by atoms with van der Waals surface area (Å²) in [6, 6.07) is 0. The largest absolute Gasteiger partial charge is 0.276 e. The van der Waals surface area contributed by atoms with E-state index in [2.05, 4.69) is 0 Å². The molecule has 0 aliphatic carbocycles. The Morgan fingerprint density at radius 2 is 1.46 bits per heavy atom. The summed E-state index contributed by atoms with van der Waals surface area (Å²) in [7, 11) is -3.48. The third-order valence-corrected chi connectivity index (χ3v) is 2.97. The van der Waals surface area contributed by atoms with E-state index in [1.807, 2.05) is 13.8 Å². The van der Waals surface area contributed by atoms with Crippen molar-refractivity contribution in [2.24, 2.45) is 5.14 Å². The molecule has 0 spiro atoms. The zero-order valence-corrected chi connectivity index (χ0v) is 9.31. The van der Waals surface area contributed by atoms with Gasteiger partial charge in [0.2, 0.25) is 0 Å². The van der Waals surface area contributed by atoms with Gasteiger partial charge in [0.15, 0.2) is 0 Å². The minimum Gasteiger partial charge on any atom is -0.216 e. The lowest BCUT2D eigenvalue weighted by Gasteiger charge is -2.18. The number of rotatable bonds is 7. The van der Waals surface area contributed by atoms with Gasteiger partial charge in [0, 0.05) is 13.1 Å². The van der Waals surface area contributed by atoms with Crippen molar-refractivity contribution in [2.45, 2.75) is 39.5 Å². The second-order valence-electron chi connectivity index (χ2n) is 3.15. The molecule has 5 heteroatoms. The lowest BCUT2D eigenvalue weighted by Crippen LogP contribution is -2.38. The summed E-state index contributed by atoms with van der Waals surface area (Å²) < 4.78 is 23.5. The lowest BCUT2D eigenvalue weighted by atomic mass is 10.3. The van der Waals surface area contributed by atoms with Crippen LogP contribution >= 0.6 is 0 Å².